The third kappa shape index (κ3) is 2.38. The van der Waals surface area contributed by atoms with Crippen LogP contribution in [0.2, 0.25) is 0 Å². The van der Waals surface area contributed by atoms with Crippen LogP contribution in [-0.2, 0) is 6.42 Å². The standard InChI is InChI=1S/C15H18N4/c1-2-3-4-5-12-11(6-7-16-12)13-10-14-15(19-13)18-9-8-17-14/h6-10,16H,2-5H2,1H3,(H,18,19). The lowest BCUT2D eigenvalue weighted by molar-refractivity contribution is 0.710. The second-order valence-corrected chi connectivity index (χ2v) is 4.80. The van der Waals surface area contributed by atoms with E-state index in [4.69, 9.17) is 0 Å². The number of fused-ring (bicyclic) bond motifs is 1. The maximum atomic E-state index is 4.31. The van der Waals surface area contributed by atoms with Crippen LogP contribution < -0.4 is 0 Å². The van der Waals surface area contributed by atoms with Crippen LogP contribution in [0.15, 0.2) is 30.7 Å². The third-order valence-corrected chi connectivity index (χ3v) is 3.41. The average Bonchev–Trinajstić information content (AvgIpc) is 3.04. The summed E-state index contributed by atoms with van der Waals surface area (Å²) < 4.78 is 0. The lowest BCUT2D eigenvalue weighted by Crippen LogP contribution is -1.89. The normalized spacial score (nSPS) is 11.2. The van der Waals surface area contributed by atoms with Crippen LogP contribution in [0.4, 0.5) is 0 Å². The van der Waals surface area contributed by atoms with Crippen molar-refractivity contribution in [3.8, 4) is 11.3 Å². The monoisotopic (exact) mass is 254 g/mol. The van der Waals surface area contributed by atoms with Crippen molar-refractivity contribution in [1.29, 1.82) is 0 Å². The minimum atomic E-state index is 0.846. The van der Waals surface area contributed by atoms with Gasteiger partial charge in [-0.25, -0.2) is 4.98 Å². The molecular weight excluding hydrogens is 236 g/mol. The summed E-state index contributed by atoms with van der Waals surface area (Å²) in [6.45, 7) is 2.23. The summed E-state index contributed by atoms with van der Waals surface area (Å²) in [5.41, 5.74) is 5.38. The summed E-state index contributed by atoms with van der Waals surface area (Å²) in [4.78, 5) is 15.3. The maximum absolute atomic E-state index is 4.31. The molecule has 4 heteroatoms. The Bertz CT molecular complexity index is 632. The molecule has 0 aliphatic carbocycles. The number of hydrogen-bond acceptors (Lipinski definition) is 2. The molecular formula is C15H18N4. The molecule has 3 aromatic heterocycles. The topological polar surface area (TPSA) is 57.4 Å². The summed E-state index contributed by atoms with van der Waals surface area (Å²) >= 11 is 0. The predicted molar refractivity (Wildman–Crippen MR) is 76.9 cm³/mol. The molecule has 0 aliphatic heterocycles. The van der Waals surface area contributed by atoms with Gasteiger partial charge in [0.2, 0.25) is 0 Å². The van der Waals surface area contributed by atoms with E-state index in [1.165, 1.54) is 30.5 Å². The van der Waals surface area contributed by atoms with Crippen molar-refractivity contribution in [2.75, 3.05) is 0 Å². The van der Waals surface area contributed by atoms with E-state index in [1.807, 2.05) is 6.20 Å². The minimum Gasteiger partial charge on any atom is -0.364 e. The fourth-order valence-corrected chi connectivity index (χ4v) is 2.41. The third-order valence-electron chi connectivity index (χ3n) is 3.41. The van der Waals surface area contributed by atoms with E-state index >= 15 is 0 Å². The summed E-state index contributed by atoms with van der Waals surface area (Å²) in [5.74, 6) is 0. The largest absolute Gasteiger partial charge is 0.364 e. The SMILES string of the molecule is CCCCCc1[nH]ccc1-c1cc2nccnc2[nH]1. The number of nitrogens with one attached hydrogen (secondary N) is 2. The van der Waals surface area contributed by atoms with Gasteiger partial charge in [-0.3, -0.25) is 4.98 Å². The molecule has 2 N–H and O–H groups in total. The molecule has 0 bridgehead atoms. The highest BCUT2D eigenvalue weighted by Gasteiger charge is 2.09. The molecule has 0 spiro atoms. The molecule has 0 saturated carbocycles. The molecule has 0 unspecified atom stereocenters. The Kier molecular flexibility index (Phi) is 3.31. The predicted octanol–water partition coefficient (Wildman–Crippen LogP) is 3.69. The van der Waals surface area contributed by atoms with Gasteiger partial charge < -0.3 is 9.97 Å². The van der Waals surface area contributed by atoms with Gasteiger partial charge in [-0.1, -0.05) is 19.8 Å². The highest BCUT2D eigenvalue weighted by Crippen LogP contribution is 2.25. The molecule has 3 aromatic rings. The Morgan fingerprint density at radius 1 is 1.16 bits per heavy atom. The van der Waals surface area contributed by atoms with E-state index in [1.54, 1.807) is 12.4 Å². The summed E-state index contributed by atoms with van der Waals surface area (Å²) in [6, 6.07) is 4.18. The Morgan fingerprint density at radius 2 is 2.05 bits per heavy atom. The highest BCUT2D eigenvalue weighted by molar-refractivity contribution is 5.80. The first kappa shape index (κ1) is 12.0. The first-order valence-electron chi connectivity index (χ1n) is 6.85. The van der Waals surface area contributed by atoms with Crippen molar-refractivity contribution in [1.82, 2.24) is 19.9 Å². The van der Waals surface area contributed by atoms with Gasteiger partial charge in [0.15, 0.2) is 5.65 Å². The second kappa shape index (κ2) is 5.26. The lowest BCUT2D eigenvalue weighted by Gasteiger charge is -2.01. The first-order valence-corrected chi connectivity index (χ1v) is 6.85. The van der Waals surface area contributed by atoms with Crippen LogP contribution in [-0.4, -0.2) is 19.9 Å². The average molecular weight is 254 g/mol. The van der Waals surface area contributed by atoms with E-state index in [9.17, 15) is 0 Å². The molecule has 19 heavy (non-hydrogen) atoms. The quantitative estimate of drug-likeness (QED) is 0.682. The molecule has 0 fully saturated rings. The van der Waals surface area contributed by atoms with Gasteiger partial charge in [-0.15, -0.1) is 0 Å². The zero-order valence-corrected chi connectivity index (χ0v) is 11.1. The smallest absolute Gasteiger partial charge is 0.156 e. The van der Waals surface area contributed by atoms with Gasteiger partial charge in [0.1, 0.15) is 5.52 Å². The van der Waals surface area contributed by atoms with Crippen LogP contribution in [0.5, 0.6) is 0 Å². The van der Waals surface area contributed by atoms with Crippen molar-refractivity contribution in [2.45, 2.75) is 32.6 Å². The zero-order chi connectivity index (χ0) is 13.1. The first-order chi connectivity index (χ1) is 9.38. The number of rotatable bonds is 5. The van der Waals surface area contributed by atoms with E-state index < -0.39 is 0 Å². The van der Waals surface area contributed by atoms with Crippen LogP contribution in [0, 0.1) is 0 Å². The Labute approximate surface area is 112 Å². The fourth-order valence-electron chi connectivity index (χ4n) is 2.41. The number of aryl methyl sites for hydroxylation is 1. The number of aromatic nitrogens is 4. The number of H-pyrrole nitrogens is 2. The molecule has 4 nitrogen and oxygen atoms in total. The van der Waals surface area contributed by atoms with Crippen molar-refractivity contribution in [3.63, 3.8) is 0 Å². The van der Waals surface area contributed by atoms with E-state index in [2.05, 4.69) is 39.0 Å². The second-order valence-electron chi connectivity index (χ2n) is 4.80. The molecule has 98 valence electrons. The molecule has 0 aliphatic rings. The van der Waals surface area contributed by atoms with Crippen molar-refractivity contribution >= 4 is 11.2 Å². The Balaban J connectivity index is 1.91. The molecule has 3 rings (SSSR count). The van der Waals surface area contributed by atoms with Crippen LogP contribution in [0.3, 0.4) is 0 Å². The summed E-state index contributed by atoms with van der Waals surface area (Å²) in [6.07, 6.45) is 10.3. The number of aromatic amines is 2. The van der Waals surface area contributed by atoms with Gasteiger partial charge in [0.05, 0.1) is 5.69 Å². The minimum absolute atomic E-state index is 0.846. The zero-order valence-electron chi connectivity index (χ0n) is 11.1. The van der Waals surface area contributed by atoms with Crippen LogP contribution in [0.1, 0.15) is 31.9 Å². The highest BCUT2D eigenvalue weighted by atomic mass is 14.9. The number of hydrogen-bond donors (Lipinski definition) is 2. The van der Waals surface area contributed by atoms with Gasteiger partial charge in [0, 0.05) is 29.8 Å². The molecule has 0 aromatic carbocycles. The molecule has 0 saturated heterocycles. The van der Waals surface area contributed by atoms with E-state index in [0.717, 1.165) is 23.3 Å². The van der Waals surface area contributed by atoms with Gasteiger partial charge >= 0.3 is 0 Å². The molecule has 0 atom stereocenters. The molecule has 0 amide bonds. The van der Waals surface area contributed by atoms with Crippen molar-refractivity contribution in [2.24, 2.45) is 0 Å². The lowest BCUT2D eigenvalue weighted by atomic mass is 10.1. The summed E-state index contributed by atoms with van der Waals surface area (Å²) in [7, 11) is 0. The number of nitrogens with zero attached hydrogens (tertiary/aromatic N) is 2. The molecule has 0 radical (unpaired) electrons. The Hall–Kier alpha value is -2.10. The van der Waals surface area contributed by atoms with E-state index in [0.29, 0.717) is 0 Å². The Morgan fingerprint density at radius 3 is 2.89 bits per heavy atom. The van der Waals surface area contributed by atoms with Crippen LogP contribution >= 0.6 is 0 Å². The van der Waals surface area contributed by atoms with Gasteiger partial charge in [0.25, 0.3) is 0 Å². The maximum Gasteiger partial charge on any atom is 0.156 e. The van der Waals surface area contributed by atoms with E-state index in [-0.39, 0.29) is 0 Å². The van der Waals surface area contributed by atoms with Gasteiger partial charge in [-0.2, -0.15) is 0 Å². The molecule has 3 heterocycles. The fraction of sp³-hybridized carbons (Fsp3) is 0.333. The summed E-state index contributed by atoms with van der Waals surface area (Å²) in [5, 5.41) is 0. The number of unbranched alkanes of at least 4 members (excludes halogenated alkanes) is 2. The van der Waals surface area contributed by atoms with Gasteiger partial charge in [-0.05, 0) is 25.0 Å². The van der Waals surface area contributed by atoms with Crippen molar-refractivity contribution in [3.05, 3.63) is 36.4 Å². The van der Waals surface area contributed by atoms with Crippen LogP contribution in [0.25, 0.3) is 22.4 Å². The van der Waals surface area contributed by atoms with Crippen molar-refractivity contribution < 1.29 is 0 Å².